The van der Waals surface area contributed by atoms with Crippen LogP contribution in [0.5, 0.6) is 0 Å². The van der Waals surface area contributed by atoms with Gasteiger partial charge in [-0.15, -0.1) is 0 Å². The zero-order valence-electron chi connectivity index (χ0n) is 19.9. The van der Waals surface area contributed by atoms with Gasteiger partial charge in [0.2, 0.25) is 0 Å². The summed E-state index contributed by atoms with van der Waals surface area (Å²) in [5, 5.41) is 17.3. The lowest BCUT2D eigenvalue weighted by molar-refractivity contribution is 0.102. The lowest BCUT2D eigenvalue weighted by Gasteiger charge is -2.07. The molecule has 9 nitrogen and oxygen atoms in total. The van der Waals surface area contributed by atoms with Crippen LogP contribution in [0.2, 0.25) is 5.02 Å². The van der Waals surface area contributed by atoms with E-state index in [1.165, 1.54) is 0 Å². The van der Waals surface area contributed by atoms with E-state index >= 15 is 0 Å². The van der Waals surface area contributed by atoms with Gasteiger partial charge >= 0.3 is 0 Å². The van der Waals surface area contributed by atoms with Gasteiger partial charge in [0.15, 0.2) is 11.3 Å². The average molecular weight is 489 g/mol. The van der Waals surface area contributed by atoms with Gasteiger partial charge in [-0.25, -0.2) is 9.50 Å². The Balaban J connectivity index is 1.43. The monoisotopic (exact) mass is 488 g/mol. The first kappa shape index (κ1) is 22.8. The highest BCUT2D eigenvalue weighted by molar-refractivity contribution is 6.30. The number of nitrogens with zero attached hydrogens (tertiary/aromatic N) is 7. The molecule has 178 valence electrons. The summed E-state index contributed by atoms with van der Waals surface area (Å²) in [6, 6.07) is 11.2. The highest BCUT2D eigenvalue weighted by Crippen LogP contribution is 2.25. The van der Waals surface area contributed by atoms with E-state index in [1.807, 2.05) is 73.6 Å². The number of hydrogen-bond acceptors (Lipinski definition) is 5. The van der Waals surface area contributed by atoms with Gasteiger partial charge in [-0.2, -0.15) is 15.3 Å². The molecule has 10 heteroatoms. The lowest BCUT2D eigenvalue weighted by Crippen LogP contribution is -2.14. The molecule has 0 fully saturated rings. The Morgan fingerprint density at radius 3 is 2.63 bits per heavy atom. The molecule has 0 aliphatic carbocycles. The highest BCUT2D eigenvalue weighted by atomic mass is 35.5. The van der Waals surface area contributed by atoms with Crippen molar-refractivity contribution in [3.63, 3.8) is 0 Å². The third-order valence-corrected chi connectivity index (χ3v) is 6.35. The quantitative estimate of drug-likeness (QED) is 0.374. The van der Waals surface area contributed by atoms with E-state index < -0.39 is 0 Å². The van der Waals surface area contributed by atoms with Crippen molar-refractivity contribution in [2.45, 2.75) is 40.8 Å². The average Bonchev–Trinajstić information content (AvgIpc) is 3.51. The molecular weight excluding hydrogens is 464 g/mol. The molecule has 0 saturated carbocycles. The second-order valence-corrected chi connectivity index (χ2v) is 8.81. The minimum absolute atomic E-state index is 0.270. The van der Waals surface area contributed by atoms with Crippen molar-refractivity contribution in [2.24, 2.45) is 0 Å². The van der Waals surface area contributed by atoms with Gasteiger partial charge in [-0.3, -0.25) is 14.2 Å². The number of carbonyl (C=O) groups is 1. The molecule has 4 aromatic heterocycles. The van der Waals surface area contributed by atoms with E-state index in [9.17, 15) is 4.79 Å². The summed E-state index contributed by atoms with van der Waals surface area (Å²) < 4.78 is 5.46. The Morgan fingerprint density at radius 2 is 1.89 bits per heavy atom. The number of aryl methyl sites for hydroxylation is 2. The van der Waals surface area contributed by atoms with Gasteiger partial charge < -0.3 is 5.32 Å². The number of aromatic nitrogens is 7. The molecule has 0 spiro atoms. The van der Waals surface area contributed by atoms with Crippen LogP contribution in [-0.4, -0.2) is 40.1 Å². The smallest absolute Gasteiger partial charge is 0.276 e. The van der Waals surface area contributed by atoms with E-state index in [1.54, 1.807) is 16.8 Å². The summed E-state index contributed by atoms with van der Waals surface area (Å²) in [5.41, 5.74) is 6.93. The summed E-state index contributed by atoms with van der Waals surface area (Å²) in [6.07, 6.45) is 3.53. The second kappa shape index (κ2) is 8.99. The Kier molecular flexibility index (Phi) is 5.86. The van der Waals surface area contributed by atoms with Gasteiger partial charge in [0.05, 0.1) is 35.5 Å². The zero-order valence-corrected chi connectivity index (χ0v) is 20.7. The number of benzene rings is 1. The van der Waals surface area contributed by atoms with Crippen molar-refractivity contribution in [2.75, 3.05) is 5.32 Å². The summed E-state index contributed by atoms with van der Waals surface area (Å²) in [5.74, 6) is -0.323. The van der Waals surface area contributed by atoms with Crippen LogP contribution in [0.15, 0.2) is 48.8 Å². The topological polar surface area (TPSA) is 94.9 Å². The number of rotatable bonds is 6. The van der Waals surface area contributed by atoms with E-state index in [0.29, 0.717) is 22.9 Å². The van der Waals surface area contributed by atoms with Crippen LogP contribution in [-0.2, 0) is 13.1 Å². The van der Waals surface area contributed by atoms with E-state index in [-0.39, 0.29) is 11.6 Å². The molecule has 1 N–H and O–H groups in total. The molecule has 5 aromatic rings. The van der Waals surface area contributed by atoms with E-state index in [2.05, 4.69) is 25.6 Å². The maximum Gasteiger partial charge on any atom is 0.276 e. The van der Waals surface area contributed by atoms with E-state index in [0.717, 1.165) is 40.4 Å². The number of halogens is 1. The third-order valence-electron chi connectivity index (χ3n) is 6.11. The standard InChI is InChI=1S/C25H25ClN8O/c1-5-32-16(3)20(13-28-32)22-9-10-27-23-12-21(31-34(22)23)25(35)29-24-15(2)30-33(17(24)4)14-18-7-6-8-19(26)11-18/h6-13H,5,14H2,1-4H3,(H,29,35). The molecule has 1 amide bonds. The van der Waals surface area contributed by atoms with Crippen LogP contribution >= 0.6 is 11.6 Å². The van der Waals surface area contributed by atoms with Crippen LogP contribution in [0, 0.1) is 20.8 Å². The number of fused-ring (bicyclic) bond motifs is 1. The predicted octanol–water partition coefficient (Wildman–Crippen LogP) is 4.69. The Bertz CT molecular complexity index is 1560. The SMILES string of the molecule is CCn1ncc(-c2ccnc3cc(C(=O)Nc4c(C)nn(Cc5cccc(Cl)c5)c4C)nn23)c1C. The molecule has 0 unspecified atom stereocenters. The van der Waals surface area contributed by atoms with Crippen molar-refractivity contribution >= 4 is 28.8 Å². The van der Waals surface area contributed by atoms with Crippen molar-refractivity contribution in [1.29, 1.82) is 0 Å². The number of amides is 1. The molecule has 0 bridgehead atoms. The van der Waals surface area contributed by atoms with Crippen LogP contribution in [0.3, 0.4) is 0 Å². The number of hydrogen-bond donors (Lipinski definition) is 1. The highest BCUT2D eigenvalue weighted by Gasteiger charge is 2.20. The van der Waals surface area contributed by atoms with Gasteiger partial charge in [-0.1, -0.05) is 23.7 Å². The minimum atomic E-state index is -0.323. The molecule has 4 heterocycles. The number of anilines is 1. The molecule has 0 aliphatic rings. The molecule has 0 radical (unpaired) electrons. The number of nitrogens with one attached hydrogen (secondary N) is 1. The molecule has 35 heavy (non-hydrogen) atoms. The largest absolute Gasteiger partial charge is 0.317 e. The zero-order chi connectivity index (χ0) is 24.7. The first-order valence-electron chi connectivity index (χ1n) is 11.3. The van der Waals surface area contributed by atoms with Gasteiger partial charge in [0.25, 0.3) is 5.91 Å². The first-order chi connectivity index (χ1) is 16.9. The summed E-state index contributed by atoms with van der Waals surface area (Å²) in [7, 11) is 0. The molecule has 5 rings (SSSR count). The van der Waals surface area contributed by atoms with Crippen LogP contribution < -0.4 is 5.32 Å². The Labute approximate surface area is 207 Å². The minimum Gasteiger partial charge on any atom is -0.317 e. The van der Waals surface area contributed by atoms with Crippen molar-refractivity contribution < 1.29 is 4.79 Å². The fourth-order valence-corrected chi connectivity index (χ4v) is 4.46. The molecule has 0 aliphatic heterocycles. The lowest BCUT2D eigenvalue weighted by atomic mass is 10.2. The molecule has 0 saturated heterocycles. The van der Waals surface area contributed by atoms with Crippen LogP contribution in [0.25, 0.3) is 16.9 Å². The molecule has 0 atom stereocenters. The number of carbonyl (C=O) groups excluding carboxylic acids is 1. The Hall–Kier alpha value is -3.98. The predicted molar refractivity (Wildman–Crippen MR) is 135 cm³/mol. The Morgan fingerprint density at radius 1 is 1.06 bits per heavy atom. The van der Waals surface area contributed by atoms with Crippen LogP contribution in [0.4, 0.5) is 5.69 Å². The maximum atomic E-state index is 13.2. The van der Waals surface area contributed by atoms with Gasteiger partial charge in [0, 0.05) is 35.1 Å². The normalized spacial score (nSPS) is 11.3. The second-order valence-electron chi connectivity index (χ2n) is 8.38. The van der Waals surface area contributed by atoms with Gasteiger partial charge in [-0.05, 0) is 51.5 Å². The summed E-state index contributed by atoms with van der Waals surface area (Å²) >= 11 is 6.12. The molecular formula is C25H25ClN8O. The fourth-order valence-electron chi connectivity index (χ4n) is 4.24. The summed E-state index contributed by atoms with van der Waals surface area (Å²) in [4.78, 5) is 17.6. The first-order valence-corrected chi connectivity index (χ1v) is 11.7. The van der Waals surface area contributed by atoms with Crippen LogP contribution in [0.1, 0.15) is 40.1 Å². The fraction of sp³-hybridized carbons (Fsp3) is 0.240. The maximum absolute atomic E-state index is 13.2. The summed E-state index contributed by atoms with van der Waals surface area (Å²) in [6.45, 7) is 9.18. The van der Waals surface area contributed by atoms with Crippen molar-refractivity contribution in [1.82, 2.24) is 34.2 Å². The van der Waals surface area contributed by atoms with Gasteiger partial charge in [0.1, 0.15) is 0 Å². The van der Waals surface area contributed by atoms with Crippen molar-refractivity contribution in [3.05, 3.63) is 82.2 Å². The van der Waals surface area contributed by atoms with E-state index in [4.69, 9.17) is 11.6 Å². The van der Waals surface area contributed by atoms with Crippen molar-refractivity contribution in [3.8, 4) is 11.3 Å². The third kappa shape index (κ3) is 4.19. The molecule has 1 aromatic carbocycles.